The Balaban J connectivity index is 1.91. The summed E-state index contributed by atoms with van der Waals surface area (Å²) in [6, 6.07) is 8.22. The maximum absolute atomic E-state index is 9.69. The standard InChI is InChI=1S/C17H27NO3/c1-13(2)18-9-8-14(10-18)15(11-19)12-21-17-7-5-4-6-16(17)20-3/h4-7,13-15,19H,8-12H2,1-3H3. The molecule has 118 valence electrons. The van der Waals surface area contributed by atoms with E-state index in [9.17, 15) is 5.11 Å². The van der Waals surface area contributed by atoms with Crippen molar-refractivity contribution in [1.29, 1.82) is 0 Å². The molecule has 2 atom stereocenters. The first-order chi connectivity index (χ1) is 10.2. The molecular weight excluding hydrogens is 266 g/mol. The minimum Gasteiger partial charge on any atom is -0.493 e. The van der Waals surface area contributed by atoms with Crippen molar-refractivity contribution in [2.45, 2.75) is 26.3 Å². The van der Waals surface area contributed by atoms with Crippen molar-refractivity contribution >= 4 is 0 Å². The number of hydrogen-bond acceptors (Lipinski definition) is 4. The molecule has 1 aliphatic heterocycles. The van der Waals surface area contributed by atoms with Gasteiger partial charge in [0.2, 0.25) is 0 Å². The van der Waals surface area contributed by atoms with E-state index < -0.39 is 0 Å². The van der Waals surface area contributed by atoms with Crippen molar-refractivity contribution < 1.29 is 14.6 Å². The van der Waals surface area contributed by atoms with Crippen LogP contribution in [0.25, 0.3) is 0 Å². The summed E-state index contributed by atoms with van der Waals surface area (Å²) in [6.45, 7) is 7.33. The maximum atomic E-state index is 9.69. The molecule has 0 saturated carbocycles. The Hall–Kier alpha value is -1.26. The zero-order chi connectivity index (χ0) is 15.2. The number of benzene rings is 1. The number of likely N-dealkylation sites (tertiary alicyclic amines) is 1. The smallest absolute Gasteiger partial charge is 0.161 e. The topological polar surface area (TPSA) is 41.9 Å². The highest BCUT2D eigenvalue weighted by atomic mass is 16.5. The van der Waals surface area contributed by atoms with Crippen LogP contribution in [-0.2, 0) is 0 Å². The first-order valence-electron chi connectivity index (χ1n) is 7.76. The predicted octanol–water partition coefficient (Wildman–Crippen LogP) is 2.41. The molecule has 1 saturated heterocycles. The van der Waals surface area contributed by atoms with Crippen LogP contribution in [0.3, 0.4) is 0 Å². The SMILES string of the molecule is COc1ccccc1OCC(CO)C1CCN(C(C)C)C1. The molecule has 0 aromatic heterocycles. The first-order valence-corrected chi connectivity index (χ1v) is 7.76. The van der Waals surface area contributed by atoms with Gasteiger partial charge in [-0.25, -0.2) is 0 Å². The summed E-state index contributed by atoms with van der Waals surface area (Å²) in [5.41, 5.74) is 0. The lowest BCUT2D eigenvalue weighted by Crippen LogP contribution is -2.31. The quantitative estimate of drug-likeness (QED) is 0.838. The van der Waals surface area contributed by atoms with Crippen molar-refractivity contribution in [3.05, 3.63) is 24.3 Å². The highest BCUT2D eigenvalue weighted by Gasteiger charge is 2.30. The van der Waals surface area contributed by atoms with Gasteiger partial charge in [-0.3, -0.25) is 0 Å². The van der Waals surface area contributed by atoms with Crippen LogP contribution >= 0.6 is 0 Å². The third kappa shape index (κ3) is 4.11. The van der Waals surface area contributed by atoms with Crippen LogP contribution in [0.5, 0.6) is 11.5 Å². The van der Waals surface area contributed by atoms with E-state index in [1.807, 2.05) is 24.3 Å². The number of nitrogens with zero attached hydrogens (tertiary/aromatic N) is 1. The fourth-order valence-corrected chi connectivity index (χ4v) is 2.94. The van der Waals surface area contributed by atoms with E-state index in [2.05, 4.69) is 18.7 Å². The Morgan fingerprint density at radius 1 is 1.29 bits per heavy atom. The van der Waals surface area contributed by atoms with Crippen molar-refractivity contribution in [1.82, 2.24) is 4.90 Å². The molecule has 1 fully saturated rings. The number of rotatable bonds is 7. The molecule has 0 radical (unpaired) electrons. The number of aliphatic hydroxyl groups is 1. The molecule has 21 heavy (non-hydrogen) atoms. The third-order valence-electron chi connectivity index (χ3n) is 4.41. The average molecular weight is 293 g/mol. The van der Waals surface area contributed by atoms with Gasteiger partial charge in [0.25, 0.3) is 0 Å². The Morgan fingerprint density at radius 2 is 2.00 bits per heavy atom. The number of para-hydroxylation sites is 2. The van der Waals surface area contributed by atoms with Crippen molar-refractivity contribution in [2.75, 3.05) is 33.4 Å². The Labute approximate surface area is 127 Å². The number of ether oxygens (including phenoxy) is 2. The molecule has 4 nitrogen and oxygen atoms in total. The molecule has 0 spiro atoms. The summed E-state index contributed by atoms with van der Waals surface area (Å²) in [6.07, 6.45) is 1.14. The maximum Gasteiger partial charge on any atom is 0.161 e. The lowest BCUT2D eigenvalue weighted by molar-refractivity contribution is 0.114. The lowest BCUT2D eigenvalue weighted by Gasteiger charge is -2.24. The normalized spacial score (nSPS) is 20.7. The highest BCUT2D eigenvalue weighted by molar-refractivity contribution is 5.39. The van der Waals surface area contributed by atoms with Crippen LogP contribution in [0, 0.1) is 11.8 Å². The Kier molecular flexibility index (Phi) is 5.88. The first kappa shape index (κ1) is 16.1. The van der Waals surface area contributed by atoms with Gasteiger partial charge in [0.15, 0.2) is 11.5 Å². The summed E-state index contributed by atoms with van der Waals surface area (Å²) >= 11 is 0. The van der Waals surface area contributed by atoms with Gasteiger partial charge in [-0.15, -0.1) is 0 Å². The van der Waals surface area contributed by atoms with Crippen LogP contribution < -0.4 is 9.47 Å². The van der Waals surface area contributed by atoms with Gasteiger partial charge in [0.05, 0.1) is 13.7 Å². The molecule has 2 rings (SSSR count). The van der Waals surface area contributed by atoms with Crippen LogP contribution in [0.4, 0.5) is 0 Å². The second-order valence-corrected chi connectivity index (χ2v) is 6.04. The number of methoxy groups -OCH3 is 1. The van der Waals surface area contributed by atoms with E-state index in [1.54, 1.807) is 7.11 Å². The molecule has 1 aromatic carbocycles. The summed E-state index contributed by atoms with van der Waals surface area (Å²) in [4.78, 5) is 2.47. The van der Waals surface area contributed by atoms with E-state index in [0.717, 1.165) is 31.0 Å². The molecule has 1 heterocycles. The van der Waals surface area contributed by atoms with Gasteiger partial charge < -0.3 is 19.5 Å². The van der Waals surface area contributed by atoms with Gasteiger partial charge in [0, 0.05) is 25.1 Å². The molecular formula is C17H27NO3. The third-order valence-corrected chi connectivity index (χ3v) is 4.41. The number of aliphatic hydroxyl groups excluding tert-OH is 1. The van der Waals surface area contributed by atoms with E-state index >= 15 is 0 Å². The van der Waals surface area contributed by atoms with Crippen LogP contribution in [0.15, 0.2) is 24.3 Å². The zero-order valence-electron chi connectivity index (χ0n) is 13.3. The van der Waals surface area contributed by atoms with Crippen LogP contribution in [0.2, 0.25) is 0 Å². The van der Waals surface area contributed by atoms with Gasteiger partial charge in [-0.1, -0.05) is 12.1 Å². The molecule has 1 aromatic rings. The summed E-state index contributed by atoms with van der Waals surface area (Å²) in [7, 11) is 1.64. The van der Waals surface area contributed by atoms with Crippen LogP contribution in [-0.4, -0.2) is 49.5 Å². The van der Waals surface area contributed by atoms with E-state index in [-0.39, 0.29) is 12.5 Å². The summed E-state index contributed by atoms with van der Waals surface area (Å²) in [5, 5.41) is 9.69. The zero-order valence-corrected chi connectivity index (χ0v) is 13.3. The lowest BCUT2D eigenvalue weighted by atomic mass is 9.93. The fraction of sp³-hybridized carbons (Fsp3) is 0.647. The van der Waals surface area contributed by atoms with Gasteiger partial charge in [-0.2, -0.15) is 0 Å². The monoisotopic (exact) mass is 293 g/mol. The second-order valence-electron chi connectivity index (χ2n) is 6.04. The van der Waals surface area contributed by atoms with Crippen LogP contribution in [0.1, 0.15) is 20.3 Å². The van der Waals surface area contributed by atoms with Gasteiger partial charge >= 0.3 is 0 Å². The molecule has 1 aliphatic rings. The van der Waals surface area contributed by atoms with Gasteiger partial charge in [-0.05, 0) is 44.9 Å². The Morgan fingerprint density at radius 3 is 2.57 bits per heavy atom. The largest absolute Gasteiger partial charge is 0.493 e. The minimum absolute atomic E-state index is 0.172. The number of hydrogen-bond donors (Lipinski definition) is 1. The fourth-order valence-electron chi connectivity index (χ4n) is 2.94. The predicted molar refractivity (Wildman–Crippen MR) is 83.9 cm³/mol. The average Bonchev–Trinajstić information content (AvgIpc) is 2.98. The Bertz CT molecular complexity index is 436. The molecule has 0 amide bonds. The van der Waals surface area contributed by atoms with E-state index in [4.69, 9.17) is 9.47 Å². The summed E-state index contributed by atoms with van der Waals surface area (Å²) < 4.78 is 11.2. The molecule has 4 heteroatoms. The van der Waals surface area contributed by atoms with Gasteiger partial charge in [0.1, 0.15) is 0 Å². The van der Waals surface area contributed by atoms with Crippen molar-refractivity contribution in [2.24, 2.45) is 11.8 Å². The molecule has 0 bridgehead atoms. The minimum atomic E-state index is 0.172. The summed E-state index contributed by atoms with van der Waals surface area (Å²) in [5.74, 6) is 2.17. The molecule has 2 unspecified atom stereocenters. The highest BCUT2D eigenvalue weighted by Crippen LogP contribution is 2.29. The molecule has 0 aliphatic carbocycles. The van der Waals surface area contributed by atoms with E-state index in [0.29, 0.717) is 18.6 Å². The van der Waals surface area contributed by atoms with Crippen molar-refractivity contribution in [3.63, 3.8) is 0 Å². The van der Waals surface area contributed by atoms with Crippen molar-refractivity contribution in [3.8, 4) is 11.5 Å². The van der Waals surface area contributed by atoms with E-state index in [1.165, 1.54) is 0 Å². The molecule has 1 N–H and O–H groups in total. The second kappa shape index (κ2) is 7.66.